The molecule has 0 unspecified atom stereocenters. The molecule has 0 amide bonds. The van der Waals surface area contributed by atoms with Gasteiger partial charge in [-0.2, -0.15) is 0 Å². The third-order valence-electron chi connectivity index (χ3n) is 3.60. The summed E-state index contributed by atoms with van der Waals surface area (Å²) in [6.45, 7) is 2.08. The van der Waals surface area contributed by atoms with Crippen molar-refractivity contribution in [3.05, 3.63) is 28.2 Å². The number of rotatable bonds is 3. The highest BCUT2D eigenvalue weighted by atomic mass is 35.5. The Hall–Kier alpha value is -0.290. The van der Waals surface area contributed by atoms with Crippen molar-refractivity contribution < 1.29 is 8.42 Å². The Bertz CT molecular complexity index is 560. The molecule has 2 atom stereocenters. The lowest BCUT2D eigenvalue weighted by molar-refractivity contribution is 0.310. The van der Waals surface area contributed by atoms with Crippen molar-refractivity contribution in [3.8, 4) is 0 Å². The zero-order valence-corrected chi connectivity index (χ0v) is 13.0. The molecule has 1 aromatic carbocycles. The molecule has 1 N–H and O–H groups in total. The Labute approximate surface area is 124 Å². The maximum atomic E-state index is 12.4. The van der Waals surface area contributed by atoms with Crippen molar-refractivity contribution in [1.29, 1.82) is 0 Å². The van der Waals surface area contributed by atoms with Crippen LogP contribution < -0.4 is 4.72 Å². The Balaban J connectivity index is 2.24. The molecule has 1 aromatic rings. The van der Waals surface area contributed by atoms with Gasteiger partial charge in [-0.3, -0.25) is 0 Å². The molecule has 0 radical (unpaired) electrons. The van der Waals surface area contributed by atoms with E-state index in [0.29, 0.717) is 10.9 Å². The van der Waals surface area contributed by atoms with Gasteiger partial charge in [0.1, 0.15) is 4.90 Å². The monoisotopic (exact) mass is 321 g/mol. The van der Waals surface area contributed by atoms with Crippen LogP contribution in [0.4, 0.5) is 0 Å². The molecule has 1 saturated carbocycles. The molecule has 0 heterocycles. The minimum Gasteiger partial charge on any atom is -0.208 e. The third kappa shape index (κ3) is 3.63. The summed E-state index contributed by atoms with van der Waals surface area (Å²) in [4.78, 5) is 0.0550. The van der Waals surface area contributed by atoms with Gasteiger partial charge < -0.3 is 0 Å². The lowest BCUT2D eigenvalue weighted by atomic mass is 9.87. The predicted octanol–water partition coefficient (Wildman–Crippen LogP) is 3.85. The fourth-order valence-electron chi connectivity index (χ4n) is 2.44. The summed E-state index contributed by atoms with van der Waals surface area (Å²) >= 11 is 11.8. The highest BCUT2D eigenvalue weighted by Crippen LogP contribution is 2.28. The average molecular weight is 322 g/mol. The van der Waals surface area contributed by atoms with Gasteiger partial charge in [0.25, 0.3) is 0 Å². The van der Waals surface area contributed by atoms with Gasteiger partial charge >= 0.3 is 0 Å². The molecule has 6 heteroatoms. The van der Waals surface area contributed by atoms with Gasteiger partial charge in [-0.05, 0) is 37.0 Å². The van der Waals surface area contributed by atoms with E-state index >= 15 is 0 Å². The molecule has 0 spiro atoms. The summed E-state index contributed by atoms with van der Waals surface area (Å²) in [6.07, 6.45) is 4.15. The SMILES string of the molecule is C[C@H]1CCCC[C@H]1NS(=O)(=O)c1cc(Cl)ccc1Cl. The van der Waals surface area contributed by atoms with E-state index in [0.717, 1.165) is 25.7 Å². The predicted molar refractivity (Wildman–Crippen MR) is 78.2 cm³/mol. The Morgan fingerprint density at radius 2 is 1.89 bits per heavy atom. The van der Waals surface area contributed by atoms with Gasteiger partial charge in [0.2, 0.25) is 10.0 Å². The topological polar surface area (TPSA) is 46.2 Å². The van der Waals surface area contributed by atoms with E-state index < -0.39 is 10.0 Å². The second-order valence-corrected chi connectivity index (χ2v) is 7.59. The number of halogens is 2. The molecule has 1 aliphatic rings. The summed E-state index contributed by atoms with van der Waals surface area (Å²) in [5.74, 6) is 0.349. The van der Waals surface area contributed by atoms with Crippen molar-refractivity contribution in [2.24, 2.45) is 5.92 Å². The zero-order chi connectivity index (χ0) is 14.0. The minimum atomic E-state index is -3.61. The maximum absolute atomic E-state index is 12.4. The van der Waals surface area contributed by atoms with E-state index in [1.807, 2.05) is 0 Å². The van der Waals surface area contributed by atoms with Gasteiger partial charge in [0, 0.05) is 11.1 Å². The molecule has 0 aromatic heterocycles. The first-order valence-electron chi connectivity index (χ1n) is 6.37. The summed E-state index contributed by atoms with van der Waals surface area (Å²) < 4.78 is 27.5. The molecule has 19 heavy (non-hydrogen) atoms. The normalized spacial score (nSPS) is 24.4. The van der Waals surface area contributed by atoms with Crippen LogP contribution in [0.3, 0.4) is 0 Å². The van der Waals surface area contributed by atoms with Crippen LogP contribution in [0.2, 0.25) is 10.0 Å². The van der Waals surface area contributed by atoms with Gasteiger partial charge in [-0.1, -0.05) is 43.0 Å². The second-order valence-electron chi connectivity index (χ2n) is 5.06. The van der Waals surface area contributed by atoms with Crippen LogP contribution in [0.1, 0.15) is 32.6 Å². The molecule has 1 aliphatic carbocycles. The highest BCUT2D eigenvalue weighted by Gasteiger charge is 2.28. The van der Waals surface area contributed by atoms with Gasteiger partial charge in [-0.25, -0.2) is 13.1 Å². The van der Waals surface area contributed by atoms with Crippen LogP contribution >= 0.6 is 23.2 Å². The Morgan fingerprint density at radius 1 is 1.21 bits per heavy atom. The van der Waals surface area contributed by atoms with Crippen molar-refractivity contribution in [1.82, 2.24) is 4.72 Å². The van der Waals surface area contributed by atoms with E-state index in [1.54, 1.807) is 6.07 Å². The summed E-state index contributed by atoms with van der Waals surface area (Å²) in [6, 6.07) is 4.45. The summed E-state index contributed by atoms with van der Waals surface area (Å²) in [5.41, 5.74) is 0. The third-order valence-corrected chi connectivity index (χ3v) is 5.81. The number of benzene rings is 1. The number of hydrogen-bond donors (Lipinski definition) is 1. The molecule has 0 bridgehead atoms. The van der Waals surface area contributed by atoms with Gasteiger partial charge in [0.15, 0.2) is 0 Å². The fourth-order valence-corrected chi connectivity index (χ4v) is 4.58. The first kappa shape index (κ1) is 15.1. The Morgan fingerprint density at radius 3 is 2.58 bits per heavy atom. The van der Waals surface area contributed by atoms with Crippen LogP contribution in [0, 0.1) is 5.92 Å². The molecule has 2 rings (SSSR count). The van der Waals surface area contributed by atoms with Crippen molar-refractivity contribution >= 4 is 33.2 Å². The minimum absolute atomic E-state index is 0.0196. The van der Waals surface area contributed by atoms with Crippen molar-refractivity contribution in [2.45, 2.75) is 43.5 Å². The first-order valence-corrected chi connectivity index (χ1v) is 8.61. The zero-order valence-electron chi connectivity index (χ0n) is 10.7. The maximum Gasteiger partial charge on any atom is 0.242 e. The standard InChI is InChI=1S/C13H17Cl2NO2S/c1-9-4-2-3-5-12(9)16-19(17,18)13-8-10(14)6-7-11(13)15/h6-9,12,16H,2-5H2,1H3/t9-,12+/m0/s1. The second kappa shape index (κ2) is 6.00. The van der Waals surface area contributed by atoms with Gasteiger partial charge in [0.05, 0.1) is 5.02 Å². The molecule has 1 fully saturated rings. The van der Waals surface area contributed by atoms with Crippen molar-refractivity contribution in [3.63, 3.8) is 0 Å². The number of hydrogen-bond acceptors (Lipinski definition) is 2. The first-order chi connectivity index (χ1) is 8.90. The fraction of sp³-hybridized carbons (Fsp3) is 0.538. The summed E-state index contributed by atoms with van der Waals surface area (Å²) in [7, 11) is -3.61. The molecular weight excluding hydrogens is 305 g/mol. The van der Waals surface area contributed by atoms with E-state index in [2.05, 4.69) is 11.6 Å². The van der Waals surface area contributed by atoms with E-state index in [1.165, 1.54) is 12.1 Å². The van der Waals surface area contributed by atoms with E-state index in [-0.39, 0.29) is 16.0 Å². The lowest BCUT2D eigenvalue weighted by Gasteiger charge is -2.29. The molecule has 106 valence electrons. The van der Waals surface area contributed by atoms with Crippen LogP contribution in [-0.2, 0) is 10.0 Å². The molecule has 0 aliphatic heterocycles. The van der Waals surface area contributed by atoms with Gasteiger partial charge in [-0.15, -0.1) is 0 Å². The molecule has 3 nitrogen and oxygen atoms in total. The number of nitrogens with one attached hydrogen (secondary N) is 1. The van der Waals surface area contributed by atoms with E-state index in [9.17, 15) is 8.42 Å². The van der Waals surface area contributed by atoms with Crippen LogP contribution in [0.5, 0.6) is 0 Å². The largest absolute Gasteiger partial charge is 0.242 e. The molecule has 0 saturated heterocycles. The lowest BCUT2D eigenvalue weighted by Crippen LogP contribution is -2.41. The van der Waals surface area contributed by atoms with Crippen LogP contribution in [-0.4, -0.2) is 14.5 Å². The molecular formula is C13H17Cl2NO2S. The Kier molecular flexibility index (Phi) is 4.77. The summed E-state index contributed by atoms with van der Waals surface area (Å²) in [5, 5.41) is 0.557. The highest BCUT2D eigenvalue weighted by molar-refractivity contribution is 7.89. The van der Waals surface area contributed by atoms with Crippen molar-refractivity contribution in [2.75, 3.05) is 0 Å². The quantitative estimate of drug-likeness (QED) is 0.919. The van der Waals surface area contributed by atoms with E-state index in [4.69, 9.17) is 23.2 Å². The van der Waals surface area contributed by atoms with Crippen LogP contribution in [0.25, 0.3) is 0 Å². The average Bonchev–Trinajstić information content (AvgIpc) is 2.35. The number of sulfonamides is 1. The van der Waals surface area contributed by atoms with Crippen LogP contribution in [0.15, 0.2) is 23.1 Å². The smallest absolute Gasteiger partial charge is 0.208 e.